The van der Waals surface area contributed by atoms with Crippen molar-refractivity contribution in [3.8, 4) is 11.4 Å². The summed E-state index contributed by atoms with van der Waals surface area (Å²) in [4.78, 5) is 30.1. The number of benzene rings is 3. The van der Waals surface area contributed by atoms with Crippen LogP contribution in [0.2, 0.25) is 0 Å². The second kappa shape index (κ2) is 9.70. The number of aromatic hydroxyl groups is 1. The second-order valence-corrected chi connectivity index (χ2v) is 8.33. The van der Waals surface area contributed by atoms with Gasteiger partial charge in [-0.3, -0.25) is 14.2 Å². The first kappa shape index (κ1) is 22.2. The van der Waals surface area contributed by atoms with E-state index in [1.165, 1.54) is 30.1 Å². The van der Waals surface area contributed by atoms with Crippen LogP contribution in [0.1, 0.15) is 16.1 Å². The van der Waals surface area contributed by atoms with Gasteiger partial charge >= 0.3 is 0 Å². The lowest BCUT2D eigenvalue weighted by Crippen LogP contribution is -2.21. The number of rotatable bonds is 6. The maximum atomic E-state index is 13.3. The summed E-state index contributed by atoms with van der Waals surface area (Å²) in [5.41, 5.74) is 3.57. The van der Waals surface area contributed by atoms with Gasteiger partial charge in [-0.05, 0) is 60.3 Å². The van der Waals surface area contributed by atoms with E-state index >= 15 is 0 Å². The van der Waals surface area contributed by atoms with Gasteiger partial charge in [-0.2, -0.15) is 5.10 Å². The number of amides is 1. The van der Waals surface area contributed by atoms with Crippen LogP contribution in [-0.2, 0) is 0 Å². The van der Waals surface area contributed by atoms with Gasteiger partial charge in [-0.15, -0.1) is 0 Å². The lowest BCUT2D eigenvalue weighted by atomic mass is 10.2. The van der Waals surface area contributed by atoms with Crippen molar-refractivity contribution in [2.45, 2.75) is 10.2 Å². The molecule has 0 saturated heterocycles. The molecule has 2 heterocycles. The molecule has 1 amide bonds. The Kier molecular flexibility index (Phi) is 6.15. The minimum atomic E-state index is -0.548. The zero-order valence-electron chi connectivity index (χ0n) is 18.2. The summed E-state index contributed by atoms with van der Waals surface area (Å²) in [5.74, 6) is -0.295. The summed E-state index contributed by atoms with van der Waals surface area (Å²) >= 11 is 1.20. The Hall–Kier alpha value is -4.63. The number of phenolic OH excluding ortho intramolecular Hbond substituents is 1. The minimum Gasteiger partial charge on any atom is -0.507 e. The third-order valence-corrected chi connectivity index (χ3v) is 5.94. The molecule has 0 aliphatic rings. The van der Waals surface area contributed by atoms with Crippen LogP contribution in [0.4, 0.5) is 0 Å². The van der Waals surface area contributed by atoms with Gasteiger partial charge < -0.3 is 9.52 Å². The average molecular weight is 483 g/mol. The molecular weight excluding hydrogens is 464 g/mol. The number of nitrogens with zero attached hydrogens (tertiary/aromatic N) is 3. The summed E-state index contributed by atoms with van der Waals surface area (Å²) in [6.07, 6.45) is 1.35. The van der Waals surface area contributed by atoms with Crippen molar-refractivity contribution in [1.29, 1.82) is 0 Å². The van der Waals surface area contributed by atoms with Crippen molar-refractivity contribution in [2.24, 2.45) is 5.10 Å². The van der Waals surface area contributed by atoms with Gasteiger partial charge in [0.25, 0.3) is 11.5 Å². The Labute approximate surface area is 203 Å². The van der Waals surface area contributed by atoms with Gasteiger partial charge in [0.15, 0.2) is 10.2 Å². The van der Waals surface area contributed by atoms with Gasteiger partial charge in [0.05, 0.1) is 28.4 Å². The predicted molar refractivity (Wildman–Crippen MR) is 133 cm³/mol. The molecular formula is C26H18N4O4S. The number of fused-ring (bicyclic) bond motifs is 1. The van der Waals surface area contributed by atoms with E-state index in [4.69, 9.17) is 9.40 Å². The van der Waals surface area contributed by atoms with Crippen LogP contribution in [0, 0.1) is 0 Å². The summed E-state index contributed by atoms with van der Waals surface area (Å²) in [6, 6.07) is 26.1. The molecule has 172 valence electrons. The smallest absolute Gasteiger partial charge is 0.275 e. The van der Waals surface area contributed by atoms with Gasteiger partial charge in [0.2, 0.25) is 0 Å². The normalized spacial score (nSPS) is 11.2. The molecule has 9 heteroatoms. The highest BCUT2D eigenvalue weighted by Gasteiger charge is 2.15. The topological polar surface area (TPSA) is 110 Å². The maximum Gasteiger partial charge on any atom is 0.275 e. The molecule has 0 bridgehead atoms. The van der Waals surface area contributed by atoms with E-state index in [1.807, 2.05) is 42.5 Å². The van der Waals surface area contributed by atoms with Crippen LogP contribution in [0.3, 0.4) is 0 Å². The molecule has 0 fully saturated rings. The van der Waals surface area contributed by atoms with E-state index in [2.05, 4.69) is 10.5 Å². The number of furan rings is 1. The van der Waals surface area contributed by atoms with Crippen LogP contribution in [-0.4, -0.2) is 26.8 Å². The number of para-hydroxylation sites is 3. The number of carbonyl (C=O) groups is 1. The molecule has 5 rings (SSSR count). The van der Waals surface area contributed by atoms with Gasteiger partial charge in [0.1, 0.15) is 11.5 Å². The molecule has 0 saturated carbocycles. The third-order valence-electron chi connectivity index (χ3n) is 5.06. The van der Waals surface area contributed by atoms with E-state index in [0.717, 1.165) is 0 Å². The maximum absolute atomic E-state index is 13.3. The van der Waals surface area contributed by atoms with Crippen molar-refractivity contribution in [3.05, 3.63) is 113 Å². The zero-order chi connectivity index (χ0) is 24.2. The molecule has 0 atom stereocenters. The third kappa shape index (κ3) is 4.71. The molecule has 8 nitrogen and oxygen atoms in total. The number of nitrogens with one attached hydrogen (secondary N) is 1. The van der Waals surface area contributed by atoms with Crippen molar-refractivity contribution in [2.75, 3.05) is 0 Å². The number of phenols is 1. The Morgan fingerprint density at radius 1 is 0.971 bits per heavy atom. The molecule has 5 aromatic rings. The number of hydrazone groups is 1. The van der Waals surface area contributed by atoms with Gasteiger partial charge in [0, 0.05) is 0 Å². The minimum absolute atomic E-state index is 0.113. The molecule has 0 spiro atoms. The van der Waals surface area contributed by atoms with Crippen molar-refractivity contribution >= 4 is 34.8 Å². The molecule has 35 heavy (non-hydrogen) atoms. The fraction of sp³-hybridized carbons (Fsp3) is 0. The molecule has 0 radical (unpaired) electrons. The lowest BCUT2D eigenvalue weighted by Gasteiger charge is -2.12. The fourth-order valence-electron chi connectivity index (χ4n) is 3.41. The second-order valence-electron chi connectivity index (χ2n) is 7.36. The molecule has 2 aromatic heterocycles. The van der Waals surface area contributed by atoms with Crippen molar-refractivity contribution in [3.63, 3.8) is 0 Å². The van der Waals surface area contributed by atoms with Crippen LogP contribution < -0.4 is 11.0 Å². The summed E-state index contributed by atoms with van der Waals surface area (Å²) in [6.45, 7) is 0. The SMILES string of the molecule is O=C(N/N=C/c1ccc(Sc2nc3ccccc3c(=O)n2-c2ccccc2)o1)c1ccccc1O. The first-order chi connectivity index (χ1) is 17.1. The quantitative estimate of drug-likeness (QED) is 0.208. The predicted octanol–water partition coefficient (Wildman–Crippen LogP) is 4.60. The monoisotopic (exact) mass is 482 g/mol. The Bertz CT molecular complexity index is 1610. The average Bonchev–Trinajstić information content (AvgIpc) is 3.32. The molecule has 0 aliphatic carbocycles. The molecule has 0 aliphatic heterocycles. The van der Waals surface area contributed by atoms with E-state index in [9.17, 15) is 14.7 Å². The highest BCUT2D eigenvalue weighted by molar-refractivity contribution is 7.99. The number of aromatic nitrogens is 2. The summed E-state index contributed by atoms with van der Waals surface area (Å²) in [7, 11) is 0. The van der Waals surface area contributed by atoms with Crippen molar-refractivity contribution < 1.29 is 14.3 Å². The van der Waals surface area contributed by atoms with Crippen LogP contribution in [0.15, 0.2) is 116 Å². The van der Waals surface area contributed by atoms with Crippen LogP contribution >= 0.6 is 11.8 Å². The number of hydrogen-bond donors (Lipinski definition) is 2. The first-order valence-electron chi connectivity index (χ1n) is 10.6. The van der Waals surface area contributed by atoms with E-state index in [-0.39, 0.29) is 16.9 Å². The summed E-state index contributed by atoms with van der Waals surface area (Å²) in [5, 5.41) is 15.1. The van der Waals surface area contributed by atoms with E-state index < -0.39 is 5.91 Å². The number of hydrogen-bond acceptors (Lipinski definition) is 7. The highest BCUT2D eigenvalue weighted by Crippen LogP contribution is 2.29. The van der Waals surface area contributed by atoms with Gasteiger partial charge in [-0.25, -0.2) is 10.4 Å². The van der Waals surface area contributed by atoms with E-state index in [1.54, 1.807) is 41.0 Å². The molecule has 3 aromatic carbocycles. The summed E-state index contributed by atoms with van der Waals surface area (Å²) < 4.78 is 7.35. The standard InChI is InChI=1S/C26H18N4O4S/c31-22-13-7-5-11-20(22)24(32)29-27-16-18-14-15-23(34-18)35-26-28-21-12-6-4-10-19(21)25(33)30(26)17-8-2-1-3-9-17/h1-16,31H,(H,29,32)/b27-16+. The Morgan fingerprint density at radius 2 is 1.71 bits per heavy atom. The first-order valence-corrected chi connectivity index (χ1v) is 11.4. The largest absolute Gasteiger partial charge is 0.507 e. The molecule has 2 N–H and O–H groups in total. The Balaban J connectivity index is 1.40. The lowest BCUT2D eigenvalue weighted by molar-refractivity contribution is 0.0952. The zero-order valence-corrected chi connectivity index (χ0v) is 19.0. The van der Waals surface area contributed by atoms with Crippen molar-refractivity contribution in [1.82, 2.24) is 15.0 Å². The van der Waals surface area contributed by atoms with Crippen LogP contribution in [0.25, 0.3) is 16.6 Å². The fourth-order valence-corrected chi connectivity index (χ4v) is 4.29. The number of carbonyl (C=O) groups excluding carboxylic acids is 1. The highest BCUT2D eigenvalue weighted by atomic mass is 32.2. The molecule has 0 unspecified atom stereocenters. The Morgan fingerprint density at radius 3 is 2.54 bits per heavy atom. The van der Waals surface area contributed by atoms with Crippen LogP contribution in [0.5, 0.6) is 5.75 Å². The van der Waals surface area contributed by atoms with E-state index in [0.29, 0.717) is 32.6 Å². The van der Waals surface area contributed by atoms with Gasteiger partial charge in [-0.1, -0.05) is 42.5 Å².